The highest BCUT2D eigenvalue weighted by molar-refractivity contribution is 6.30. The molecule has 3 N–H and O–H groups in total. The van der Waals surface area contributed by atoms with Gasteiger partial charge in [-0.15, -0.1) is 0 Å². The SMILES string of the molecule is CCCCCCCCCCC(NN)c1cccc(Cl)c1F. The Morgan fingerprint density at radius 2 is 1.71 bits per heavy atom. The van der Waals surface area contributed by atoms with Crippen LogP contribution in [0, 0.1) is 5.82 Å². The van der Waals surface area contributed by atoms with Gasteiger partial charge in [0, 0.05) is 11.6 Å². The Balaban J connectivity index is 2.27. The van der Waals surface area contributed by atoms with E-state index >= 15 is 0 Å². The van der Waals surface area contributed by atoms with E-state index in [-0.39, 0.29) is 16.9 Å². The van der Waals surface area contributed by atoms with Crippen LogP contribution in [0.5, 0.6) is 0 Å². The van der Waals surface area contributed by atoms with E-state index in [1.807, 2.05) is 0 Å². The smallest absolute Gasteiger partial charge is 0.146 e. The molecule has 0 amide bonds. The maximum atomic E-state index is 14.0. The third-order valence-corrected chi connectivity index (χ3v) is 4.20. The molecule has 0 heterocycles. The Morgan fingerprint density at radius 3 is 2.33 bits per heavy atom. The molecule has 0 bridgehead atoms. The third-order valence-electron chi connectivity index (χ3n) is 3.90. The first-order valence-corrected chi connectivity index (χ1v) is 8.48. The Kier molecular flexibility index (Phi) is 9.64. The number of hydrogen-bond donors (Lipinski definition) is 2. The van der Waals surface area contributed by atoms with Crippen LogP contribution in [-0.2, 0) is 0 Å². The summed E-state index contributed by atoms with van der Waals surface area (Å²) in [7, 11) is 0. The predicted octanol–water partition coefficient (Wildman–Crippen LogP) is 5.51. The molecule has 2 nitrogen and oxygen atoms in total. The molecule has 120 valence electrons. The van der Waals surface area contributed by atoms with Crippen LogP contribution >= 0.6 is 11.6 Å². The van der Waals surface area contributed by atoms with Crippen LogP contribution in [0.15, 0.2) is 18.2 Å². The maximum Gasteiger partial charge on any atom is 0.146 e. The number of benzene rings is 1. The molecule has 4 heteroatoms. The Bertz CT molecular complexity index is 398. The zero-order valence-corrected chi connectivity index (χ0v) is 13.8. The first-order chi connectivity index (χ1) is 10.2. The van der Waals surface area contributed by atoms with E-state index in [1.54, 1.807) is 18.2 Å². The van der Waals surface area contributed by atoms with Crippen LogP contribution in [0.4, 0.5) is 4.39 Å². The molecule has 0 radical (unpaired) electrons. The fourth-order valence-electron chi connectivity index (χ4n) is 2.60. The number of unbranched alkanes of at least 4 members (excludes halogenated alkanes) is 7. The largest absolute Gasteiger partial charge is 0.271 e. The molecular formula is C17H28ClFN2. The van der Waals surface area contributed by atoms with Gasteiger partial charge in [-0.25, -0.2) is 4.39 Å². The molecule has 1 aromatic rings. The first-order valence-electron chi connectivity index (χ1n) is 8.10. The van der Waals surface area contributed by atoms with E-state index in [1.165, 1.54) is 44.9 Å². The van der Waals surface area contributed by atoms with Crippen LogP contribution in [-0.4, -0.2) is 0 Å². The molecule has 1 atom stereocenters. The monoisotopic (exact) mass is 314 g/mol. The second-order valence-corrected chi connectivity index (χ2v) is 6.03. The number of nitrogens with one attached hydrogen (secondary N) is 1. The van der Waals surface area contributed by atoms with Crippen molar-refractivity contribution in [1.29, 1.82) is 0 Å². The van der Waals surface area contributed by atoms with Crippen LogP contribution in [0.2, 0.25) is 5.02 Å². The highest BCUT2D eigenvalue weighted by atomic mass is 35.5. The van der Waals surface area contributed by atoms with Crippen molar-refractivity contribution in [3.8, 4) is 0 Å². The van der Waals surface area contributed by atoms with E-state index in [9.17, 15) is 4.39 Å². The minimum atomic E-state index is -0.360. The molecule has 0 aliphatic heterocycles. The zero-order valence-electron chi connectivity index (χ0n) is 13.0. The van der Waals surface area contributed by atoms with Gasteiger partial charge < -0.3 is 0 Å². The van der Waals surface area contributed by atoms with E-state index in [2.05, 4.69) is 12.3 Å². The van der Waals surface area contributed by atoms with E-state index in [0.29, 0.717) is 5.56 Å². The number of hydrazine groups is 1. The summed E-state index contributed by atoms with van der Waals surface area (Å²) in [6.45, 7) is 2.23. The van der Waals surface area contributed by atoms with Crippen molar-refractivity contribution >= 4 is 11.6 Å². The van der Waals surface area contributed by atoms with E-state index < -0.39 is 0 Å². The zero-order chi connectivity index (χ0) is 15.5. The average molecular weight is 315 g/mol. The van der Waals surface area contributed by atoms with E-state index in [4.69, 9.17) is 17.4 Å². The molecule has 0 saturated carbocycles. The third kappa shape index (κ3) is 6.77. The van der Waals surface area contributed by atoms with Gasteiger partial charge in [0.2, 0.25) is 0 Å². The van der Waals surface area contributed by atoms with Crippen molar-refractivity contribution in [2.24, 2.45) is 5.84 Å². The van der Waals surface area contributed by atoms with Gasteiger partial charge >= 0.3 is 0 Å². The number of nitrogens with two attached hydrogens (primary N) is 1. The van der Waals surface area contributed by atoms with Crippen molar-refractivity contribution in [2.45, 2.75) is 70.8 Å². The molecule has 1 unspecified atom stereocenters. The van der Waals surface area contributed by atoms with Gasteiger partial charge in [-0.1, -0.05) is 82.0 Å². The standard InChI is InChI=1S/C17H28ClFN2/c1-2-3-4-5-6-7-8-9-13-16(21-20)14-11-10-12-15(18)17(14)19/h10-12,16,21H,2-9,13,20H2,1H3. The van der Waals surface area contributed by atoms with Gasteiger partial charge in [0.15, 0.2) is 0 Å². The first kappa shape index (κ1) is 18.4. The lowest BCUT2D eigenvalue weighted by molar-refractivity contribution is 0.456. The normalized spacial score (nSPS) is 12.6. The van der Waals surface area contributed by atoms with Crippen molar-refractivity contribution in [3.63, 3.8) is 0 Å². The maximum absolute atomic E-state index is 14.0. The minimum absolute atomic E-state index is 0.156. The van der Waals surface area contributed by atoms with Gasteiger partial charge in [0.25, 0.3) is 0 Å². The fraction of sp³-hybridized carbons (Fsp3) is 0.647. The van der Waals surface area contributed by atoms with Gasteiger partial charge in [0.05, 0.1) is 5.02 Å². The Hall–Kier alpha value is -0.640. The molecule has 0 saturated heterocycles. The van der Waals surface area contributed by atoms with Crippen molar-refractivity contribution < 1.29 is 4.39 Å². The van der Waals surface area contributed by atoms with Crippen molar-refractivity contribution in [1.82, 2.24) is 5.43 Å². The average Bonchev–Trinajstić information content (AvgIpc) is 2.49. The molecule has 0 fully saturated rings. The van der Waals surface area contributed by atoms with Crippen LogP contribution in [0.1, 0.15) is 76.3 Å². The Morgan fingerprint density at radius 1 is 1.10 bits per heavy atom. The number of hydrogen-bond acceptors (Lipinski definition) is 2. The highest BCUT2D eigenvalue weighted by Gasteiger charge is 2.15. The summed E-state index contributed by atoms with van der Waals surface area (Å²) in [6.07, 6.45) is 10.9. The second kappa shape index (κ2) is 11.0. The molecule has 0 spiro atoms. The molecule has 1 rings (SSSR count). The second-order valence-electron chi connectivity index (χ2n) is 5.63. The summed E-state index contributed by atoms with van der Waals surface area (Å²) in [6, 6.07) is 4.91. The van der Waals surface area contributed by atoms with Crippen molar-refractivity contribution in [2.75, 3.05) is 0 Å². The molecular weight excluding hydrogens is 287 g/mol. The molecule has 0 aliphatic carbocycles. The molecule has 0 aromatic heterocycles. The quantitative estimate of drug-likeness (QED) is 0.321. The van der Waals surface area contributed by atoms with Crippen LogP contribution in [0.25, 0.3) is 0 Å². The summed E-state index contributed by atoms with van der Waals surface area (Å²) < 4.78 is 14.0. The van der Waals surface area contributed by atoms with Gasteiger partial charge in [-0.05, 0) is 12.5 Å². The summed E-state index contributed by atoms with van der Waals surface area (Å²) in [5, 5.41) is 0.156. The minimum Gasteiger partial charge on any atom is -0.271 e. The summed E-state index contributed by atoms with van der Waals surface area (Å²) >= 11 is 5.82. The lowest BCUT2D eigenvalue weighted by Crippen LogP contribution is -2.28. The van der Waals surface area contributed by atoms with Crippen LogP contribution in [0.3, 0.4) is 0 Å². The fourth-order valence-corrected chi connectivity index (χ4v) is 2.78. The van der Waals surface area contributed by atoms with E-state index in [0.717, 1.165) is 12.8 Å². The number of halogens is 2. The summed E-state index contributed by atoms with van der Waals surface area (Å²) in [5.41, 5.74) is 3.27. The lowest BCUT2D eigenvalue weighted by Gasteiger charge is -2.17. The lowest BCUT2D eigenvalue weighted by atomic mass is 9.99. The summed E-state index contributed by atoms with van der Waals surface area (Å²) in [5.74, 6) is 5.20. The predicted molar refractivity (Wildman–Crippen MR) is 88.7 cm³/mol. The van der Waals surface area contributed by atoms with Crippen LogP contribution < -0.4 is 11.3 Å². The van der Waals surface area contributed by atoms with Gasteiger partial charge in [0.1, 0.15) is 5.82 Å². The topological polar surface area (TPSA) is 38.0 Å². The van der Waals surface area contributed by atoms with Gasteiger partial charge in [-0.2, -0.15) is 0 Å². The van der Waals surface area contributed by atoms with Crippen molar-refractivity contribution in [3.05, 3.63) is 34.6 Å². The molecule has 0 aliphatic rings. The Labute approximate surface area is 133 Å². The van der Waals surface area contributed by atoms with Gasteiger partial charge in [-0.3, -0.25) is 11.3 Å². The number of rotatable bonds is 11. The highest BCUT2D eigenvalue weighted by Crippen LogP contribution is 2.26. The summed E-state index contributed by atoms with van der Waals surface area (Å²) in [4.78, 5) is 0. The molecule has 1 aromatic carbocycles. The molecule has 21 heavy (non-hydrogen) atoms.